The first-order valence-corrected chi connectivity index (χ1v) is 7.71. The number of aromatic nitrogens is 1. The molecule has 7 heteroatoms. The average molecular weight is 312 g/mol. The Morgan fingerprint density at radius 3 is 2.75 bits per heavy atom. The van der Waals surface area contributed by atoms with Crippen molar-refractivity contribution in [2.45, 2.75) is 18.4 Å². The zero-order valence-electron chi connectivity index (χ0n) is 10.8. The molecule has 2 aromatic rings. The van der Waals surface area contributed by atoms with Crippen molar-refractivity contribution in [3.05, 3.63) is 52.8 Å². The molecule has 0 fully saturated rings. The standard InChI is InChI=1S/C13H14ClN3O2S/c1-9-7-16-6-5-10(9)8-17-20(18,19)13-11(14)3-2-4-12(13)15/h2-7,17H,8,15H2,1H3. The Balaban J connectivity index is 2.27. The van der Waals surface area contributed by atoms with Crippen LogP contribution in [0, 0.1) is 6.92 Å². The number of nitrogens with one attached hydrogen (secondary N) is 1. The van der Waals surface area contributed by atoms with Crippen LogP contribution in [0.25, 0.3) is 0 Å². The summed E-state index contributed by atoms with van der Waals surface area (Å²) in [5.74, 6) is 0. The molecule has 0 saturated carbocycles. The first-order valence-electron chi connectivity index (χ1n) is 5.85. The fraction of sp³-hybridized carbons (Fsp3) is 0.154. The summed E-state index contributed by atoms with van der Waals surface area (Å²) < 4.78 is 27.0. The van der Waals surface area contributed by atoms with Crippen molar-refractivity contribution in [1.82, 2.24) is 9.71 Å². The second-order valence-electron chi connectivity index (χ2n) is 4.28. The third-order valence-corrected chi connectivity index (χ3v) is 4.80. The highest BCUT2D eigenvalue weighted by Gasteiger charge is 2.20. The minimum absolute atomic E-state index is 0.0895. The van der Waals surface area contributed by atoms with Crippen molar-refractivity contribution in [3.63, 3.8) is 0 Å². The van der Waals surface area contributed by atoms with Crippen LogP contribution in [0.15, 0.2) is 41.6 Å². The van der Waals surface area contributed by atoms with Gasteiger partial charge in [0.2, 0.25) is 10.0 Å². The lowest BCUT2D eigenvalue weighted by Gasteiger charge is -2.11. The Morgan fingerprint density at radius 2 is 2.10 bits per heavy atom. The van der Waals surface area contributed by atoms with E-state index < -0.39 is 10.0 Å². The zero-order chi connectivity index (χ0) is 14.8. The number of sulfonamides is 1. The number of benzene rings is 1. The molecular formula is C13H14ClN3O2S. The van der Waals surface area contributed by atoms with Crippen molar-refractivity contribution < 1.29 is 8.42 Å². The number of nitrogens with zero attached hydrogens (tertiary/aromatic N) is 1. The van der Waals surface area contributed by atoms with Crippen molar-refractivity contribution in [2.75, 3.05) is 5.73 Å². The summed E-state index contributed by atoms with van der Waals surface area (Å²) in [6, 6.07) is 6.35. The molecule has 1 aromatic heterocycles. The molecule has 0 spiro atoms. The molecule has 0 saturated heterocycles. The molecule has 0 aliphatic carbocycles. The average Bonchev–Trinajstić information content (AvgIpc) is 2.37. The maximum Gasteiger partial charge on any atom is 0.244 e. The Bertz CT molecular complexity index is 712. The Morgan fingerprint density at radius 1 is 1.35 bits per heavy atom. The van der Waals surface area contributed by atoms with E-state index in [1.807, 2.05) is 6.92 Å². The largest absolute Gasteiger partial charge is 0.398 e. The van der Waals surface area contributed by atoms with E-state index in [0.717, 1.165) is 11.1 Å². The second-order valence-corrected chi connectivity index (χ2v) is 6.40. The van der Waals surface area contributed by atoms with Gasteiger partial charge in [-0.05, 0) is 36.2 Å². The number of nitrogen functional groups attached to an aromatic ring is 1. The first kappa shape index (κ1) is 14.8. The van der Waals surface area contributed by atoms with Gasteiger partial charge in [0, 0.05) is 18.9 Å². The SMILES string of the molecule is Cc1cnccc1CNS(=O)(=O)c1c(N)cccc1Cl. The second kappa shape index (κ2) is 5.78. The fourth-order valence-electron chi connectivity index (χ4n) is 1.75. The third kappa shape index (κ3) is 3.09. The number of hydrogen-bond acceptors (Lipinski definition) is 4. The number of pyridine rings is 1. The van der Waals surface area contributed by atoms with Gasteiger partial charge in [-0.3, -0.25) is 4.98 Å². The molecule has 5 nitrogen and oxygen atoms in total. The molecule has 0 amide bonds. The van der Waals surface area contributed by atoms with E-state index in [-0.39, 0.29) is 22.2 Å². The smallest absolute Gasteiger partial charge is 0.244 e. The molecule has 0 atom stereocenters. The molecule has 0 aliphatic rings. The number of hydrogen-bond donors (Lipinski definition) is 2. The number of rotatable bonds is 4. The topological polar surface area (TPSA) is 85.1 Å². The third-order valence-electron chi connectivity index (χ3n) is 2.86. The molecule has 3 N–H and O–H groups in total. The van der Waals surface area contributed by atoms with Crippen LogP contribution in [0.5, 0.6) is 0 Å². The van der Waals surface area contributed by atoms with E-state index >= 15 is 0 Å². The van der Waals surface area contributed by atoms with Crippen LogP contribution in [0.4, 0.5) is 5.69 Å². The maximum atomic E-state index is 12.3. The lowest BCUT2D eigenvalue weighted by Crippen LogP contribution is -2.24. The minimum Gasteiger partial charge on any atom is -0.398 e. The summed E-state index contributed by atoms with van der Waals surface area (Å²) >= 11 is 5.92. The molecule has 0 radical (unpaired) electrons. The molecule has 20 heavy (non-hydrogen) atoms. The van der Waals surface area contributed by atoms with E-state index in [1.54, 1.807) is 24.5 Å². The molecular weight excluding hydrogens is 298 g/mol. The van der Waals surface area contributed by atoms with Crippen molar-refractivity contribution in [3.8, 4) is 0 Å². The van der Waals surface area contributed by atoms with Crippen LogP contribution < -0.4 is 10.5 Å². The number of anilines is 1. The lowest BCUT2D eigenvalue weighted by molar-refractivity contribution is 0.581. The maximum absolute atomic E-state index is 12.3. The number of nitrogens with two attached hydrogens (primary N) is 1. The zero-order valence-corrected chi connectivity index (χ0v) is 12.4. The van der Waals surface area contributed by atoms with Crippen molar-refractivity contribution in [1.29, 1.82) is 0 Å². The highest BCUT2D eigenvalue weighted by atomic mass is 35.5. The predicted octanol–water partition coefficient (Wildman–Crippen LogP) is 2.10. The molecule has 1 heterocycles. The van der Waals surface area contributed by atoms with Gasteiger partial charge in [0.1, 0.15) is 4.90 Å². The highest BCUT2D eigenvalue weighted by Crippen LogP contribution is 2.27. The van der Waals surface area contributed by atoms with Crippen molar-refractivity contribution in [2.24, 2.45) is 0 Å². The lowest BCUT2D eigenvalue weighted by atomic mass is 10.2. The summed E-state index contributed by atoms with van der Waals surface area (Å²) in [6.45, 7) is 2.02. The highest BCUT2D eigenvalue weighted by molar-refractivity contribution is 7.89. The van der Waals surface area contributed by atoms with Gasteiger partial charge in [-0.2, -0.15) is 0 Å². The van der Waals surface area contributed by atoms with E-state index in [2.05, 4.69) is 9.71 Å². The van der Waals surface area contributed by atoms with Gasteiger partial charge >= 0.3 is 0 Å². The van der Waals surface area contributed by atoms with Gasteiger partial charge in [-0.25, -0.2) is 13.1 Å². The van der Waals surface area contributed by atoms with E-state index in [9.17, 15) is 8.42 Å². The Labute approximate surface area is 122 Å². The number of aryl methyl sites for hydroxylation is 1. The molecule has 2 rings (SSSR count). The first-order chi connectivity index (χ1) is 9.42. The van der Waals surface area contributed by atoms with Gasteiger partial charge in [0.15, 0.2) is 0 Å². The molecule has 106 valence electrons. The summed E-state index contributed by atoms with van der Waals surface area (Å²) in [5, 5.41) is 0.101. The van der Waals surface area contributed by atoms with E-state index in [0.29, 0.717) is 0 Å². The van der Waals surface area contributed by atoms with Gasteiger partial charge in [-0.15, -0.1) is 0 Å². The minimum atomic E-state index is -3.76. The van der Waals surface area contributed by atoms with Crippen LogP contribution in [-0.4, -0.2) is 13.4 Å². The fourth-order valence-corrected chi connectivity index (χ4v) is 3.43. The van der Waals surface area contributed by atoms with Crippen LogP contribution in [0.3, 0.4) is 0 Å². The quantitative estimate of drug-likeness (QED) is 0.847. The Kier molecular flexibility index (Phi) is 4.27. The van der Waals surface area contributed by atoms with Crippen LogP contribution in [0.2, 0.25) is 5.02 Å². The van der Waals surface area contributed by atoms with Crippen LogP contribution in [0.1, 0.15) is 11.1 Å². The van der Waals surface area contributed by atoms with Gasteiger partial charge in [0.25, 0.3) is 0 Å². The van der Waals surface area contributed by atoms with Gasteiger partial charge in [-0.1, -0.05) is 17.7 Å². The normalized spacial score (nSPS) is 11.5. The molecule has 1 aromatic carbocycles. The number of halogens is 1. The molecule has 0 aliphatic heterocycles. The van der Waals surface area contributed by atoms with Crippen LogP contribution in [-0.2, 0) is 16.6 Å². The van der Waals surface area contributed by atoms with Gasteiger partial charge in [0.05, 0.1) is 10.7 Å². The summed E-state index contributed by atoms with van der Waals surface area (Å²) in [6.07, 6.45) is 3.29. The summed E-state index contributed by atoms with van der Waals surface area (Å²) in [4.78, 5) is 3.87. The van der Waals surface area contributed by atoms with Crippen LogP contribution >= 0.6 is 11.6 Å². The molecule has 0 bridgehead atoms. The summed E-state index contributed by atoms with van der Waals surface area (Å²) in [5.41, 5.74) is 7.56. The molecule has 0 unspecified atom stereocenters. The van der Waals surface area contributed by atoms with Crippen molar-refractivity contribution >= 4 is 27.3 Å². The van der Waals surface area contributed by atoms with E-state index in [1.165, 1.54) is 12.1 Å². The van der Waals surface area contributed by atoms with E-state index in [4.69, 9.17) is 17.3 Å². The Hall–Kier alpha value is -1.63. The monoisotopic (exact) mass is 311 g/mol. The predicted molar refractivity (Wildman–Crippen MR) is 78.9 cm³/mol. The summed E-state index contributed by atoms with van der Waals surface area (Å²) in [7, 11) is -3.76. The van der Waals surface area contributed by atoms with Gasteiger partial charge < -0.3 is 5.73 Å².